The number of phenolic OH excluding ortho intramolecular Hbond substituents is 2. The van der Waals surface area contributed by atoms with Crippen molar-refractivity contribution >= 4 is 62.6 Å². The van der Waals surface area contributed by atoms with Crippen LogP contribution in [0.3, 0.4) is 0 Å². The van der Waals surface area contributed by atoms with Crippen LogP contribution >= 0.6 is 34.1 Å². The molecule has 0 radical (unpaired) electrons. The molecule has 2 N–H and O–H groups in total. The molecule has 4 nitrogen and oxygen atoms in total. The van der Waals surface area contributed by atoms with E-state index in [0.29, 0.717) is 23.6 Å². The standard InChI is InChI=1S/2C21H33NOSi.4ClH.2Zr/c1-5-24(6-2,7-3)20-13-16-11-18(20)19(12-16)22-14-17-10-8-9-15(4)21(17)23;1-5-24(6-2,7-3)20-13-17-11-18(20)12-19(17)22-14-16-10-8-9-15(4)21(16)23;;;;;;/h8-10,14,16,18-20,23H,5-7,11-13H2,1-4H3;8-10,14,17-20,23H,5-7,11-13H2,1-4H3;4*1H;;/q;;;;;;2*+2/p-4. The number of nitrogens with zero attached hydrogens (tertiary/aromatic N) is 2. The third-order valence-electron chi connectivity index (χ3n) is 14.7. The van der Waals surface area contributed by atoms with E-state index < -0.39 is 57.8 Å². The first kappa shape index (κ1) is 49.1. The molecule has 0 heterocycles. The Morgan fingerprint density at radius 2 is 1.04 bits per heavy atom. The number of para-hydroxylation sites is 2. The molecule has 8 atom stereocenters. The summed E-state index contributed by atoms with van der Waals surface area (Å²) in [6, 6.07) is 21.5. The number of fused-ring (bicyclic) bond motifs is 4. The maximum absolute atomic E-state index is 10.2. The van der Waals surface area contributed by atoms with E-state index in [-0.39, 0.29) is 0 Å². The Balaban J connectivity index is 0.000000254. The third-order valence-corrected chi connectivity index (χ3v) is 27.7. The number of aromatic hydroxyl groups is 2. The molecule has 300 valence electrons. The SMILES string of the molecule is CC[Si](CC)(CC)C1CC2CC(N=Cc3cccc(C)c3O)C1C2.CC[Si](CC)(CC)C1CC2CC1CC2N=Cc1cccc(C)c1O.[Cl][Zr][Cl].[Cl][Zr][Cl]. The zero-order valence-electron chi connectivity index (χ0n) is 34.0. The number of benzene rings is 2. The van der Waals surface area contributed by atoms with E-state index in [0.717, 1.165) is 57.0 Å². The minimum atomic E-state index is -1.13. The van der Waals surface area contributed by atoms with Crippen molar-refractivity contribution < 1.29 is 51.9 Å². The van der Waals surface area contributed by atoms with E-state index in [2.05, 4.69) is 41.5 Å². The number of aliphatic imine (C=N–C) groups is 2. The molecule has 2 aromatic rings. The second-order valence-electron chi connectivity index (χ2n) is 16.4. The van der Waals surface area contributed by atoms with Gasteiger partial charge < -0.3 is 10.2 Å². The number of halogens is 4. The van der Waals surface area contributed by atoms with Gasteiger partial charge in [-0.1, -0.05) is 102 Å². The molecular formula is C42H66Cl4N2O2Si2Zr2. The van der Waals surface area contributed by atoms with Crippen molar-refractivity contribution in [2.45, 2.75) is 153 Å². The second-order valence-corrected chi connectivity index (χ2v) is 35.0. The Bertz CT molecular complexity index is 1480. The van der Waals surface area contributed by atoms with Crippen LogP contribution in [-0.2, 0) is 41.7 Å². The first-order valence-corrected chi connectivity index (χ1v) is 38.5. The van der Waals surface area contributed by atoms with Crippen LogP contribution in [0.2, 0.25) is 47.3 Å². The molecule has 0 aliphatic heterocycles. The number of phenols is 2. The Morgan fingerprint density at radius 3 is 1.44 bits per heavy atom. The summed E-state index contributed by atoms with van der Waals surface area (Å²) < 4.78 is 0. The fourth-order valence-corrected chi connectivity index (χ4v) is 21.7. The summed E-state index contributed by atoms with van der Waals surface area (Å²) in [5, 5.41) is 20.4. The summed E-state index contributed by atoms with van der Waals surface area (Å²) in [6.07, 6.45) is 12.1. The zero-order valence-corrected chi connectivity index (χ0v) is 44.0. The van der Waals surface area contributed by atoms with E-state index in [1.165, 1.54) is 74.8 Å². The van der Waals surface area contributed by atoms with Crippen molar-refractivity contribution in [1.29, 1.82) is 0 Å². The maximum atomic E-state index is 10.2. The van der Waals surface area contributed by atoms with Crippen molar-refractivity contribution in [3.05, 3.63) is 58.7 Å². The van der Waals surface area contributed by atoms with Crippen LogP contribution in [0.4, 0.5) is 0 Å². The second kappa shape index (κ2) is 24.1. The van der Waals surface area contributed by atoms with Gasteiger partial charge in [0.05, 0.1) is 28.2 Å². The van der Waals surface area contributed by atoms with Crippen LogP contribution < -0.4 is 0 Å². The monoisotopic (exact) mass is 1010 g/mol. The zero-order chi connectivity index (χ0) is 40.1. The van der Waals surface area contributed by atoms with Crippen molar-refractivity contribution in [1.82, 2.24) is 0 Å². The molecule has 0 amide bonds. The molecule has 0 saturated heterocycles. The van der Waals surface area contributed by atoms with Crippen molar-refractivity contribution in [3.8, 4) is 11.5 Å². The van der Waals surface area contributed by atoms with E-state index >= 15 is 0 Å². The summed E-state index contributed by atoms with van der Waals surface area (Å²) in [5.74, 6) is 4.21. The Labute approximate surface area is 367 Å². The van der Waals surface area contributed by atoms with Gasteiger partial charge in [-0.15, -0.1) is 0 Å². The van der Waals surface area contributed by atoms with E-state index in [1.54, 1.807) is 0 Å². The molecular weight excluding hydrogens is 945 g/mol. The fraction of sp³-hybridized carbons (Fsp3) is 0.667. The summed E-state index contributed by atoms with van der Waals surface area (Å²) in [7, 11) is 17.5. The van der Waals surface area contributed by atoms with Crippen LogP contribution in [0.1, 0.15) is 102 Å². The van der Waals surface area contributed by atoms with E-state index in [1.807, 2.05) is 62.7 Å². The van der Waals surface area contributed by atoms with Gasteiger partial charge in [0.1, 0.15) is 11.5 Å². The fourth-order valence-electron chi connectivity index (χ4n) is 11.4. The first-order valence-electron chi connectivity index (χ1n) is 20.5. The Hall–Kier alpha value is 0.740. The van der Waals surface area contributed by atoms with Crippen LogP contribution in [0.15, 0.2) is 46.4 Å². The Morgan fingerprint density at radius 1 is 0.593 bits per heavy atom. The molecule has 4 saturated carbocycles. The molecule has 0 spiro atoms. The predicted octanol–water partition coefficient (Wildman–Crippen LogP) is 14.3. The van der Waals surface area contributed by atoms with Crippen molar-refractivity contribution in [2.24, 2.45) is 33.7 Å². The molecule has 4 fully saturated rings. The summed E-state index contributed by atoms with van der Waals surface area (Å²) in [6.45, 7) is 18.5. The molecule has 4 aliphatic rings. The summed E-state index contributed by atoms with van der Waals surface area (Å²) >= 11 is -1.65. The molecule has 4 aliphatic carbocycles. The van der Waals surface area contributed by atoms with E-state index in [4.69, 9.17) is 44.0 Å². The molecule has 54 heavy (non-hydrogen) atoms. The Kier molecular flexibility index (Phi) is 21.9. The number of rotatable bonds is 12. The van der Waals surface area contributed by atoms with Crippen LogP contribution in [0, 0.1) is 37.5 Å². The van der Waals surface area contributed by atoms with Gasteiger partial charge in [-0.25, -0.2) is 0 Å². The van der Waals surface area contributed by atoms with Gasteiger partial charge in [-0.2, -0.15) is 0 Å². The van der Waals surface area contributed by atoms with Crippen LogP contribution in [0.25, 0.3) is 0 Å². The van der Waals surface area contributed by atoms with Gasteiger partial charge in [-0.05, 0) is 110 Å². The van der Waals surface area contributed by atoms with E-state index in [9.17, 15) is 10.2 Å². The molecule has 4 bridgehead atoms. The first-order chi connectivity index (χ1) is 25.9. The van der Waals surface area contributed by atoms with Crippen LogP contribution in [-0.4, -0.2) is 50.9 Å². The molecule has 2 aromatic carbocycles. The average Bonchev–Trinajstić information content (AvgIpc) is 3.98. The third kappa shape index (κ3) is 11.9. The topological polar surface area (TPSA) is 65.2 Å². The van der Waals surface area contributed by atoms with Gasteiger partial charge in [-0.3, -0.25) is 9.98 Å². The molecule has 8 unspecified atom stereocenters. The molecule has 12 heteroatoms. The predicted molar refractivity (Wildman–Crippen MR) is 235 cm³/mol. The summed E-state index contributed by atoms with van der Waals surface area (Å²) in [5.41, 5.74) is 5.62. The number of hydrogen-bond donors (Lipinski definition) is 2. The average molecular weight is 1010 g/mol. The van der Waals surface area contributed by atoms with Gasteiger partial charge in [0, 0.05) is 23.6 Å². The minimum absolute atomic E-state index is 0.386. The van der Waals surface area contributed by atoms with Crippen LogP contribution in [0.5, 0.6) is 11.5 Å². The normalized spacial score (nSPS) is 26.9. The molecule has 0 aromatic heterocycles. The molecule has 6 rings (SSSR count). The summed E-state index contributed by atoms with van der Waals surface area (Å²) in [4.78, 5) is 9.88. The quantitative estimate of drug-likeness (QED) is 0.164. The number of aryl methyl sites for hydroxylation is 2. The van der Waals surface area contributed by atoms with Gasteiger partial charge in [0.2, 0.25) is 0 Å². The van der Waals surface area contributed by atoms with Crippen molar-refractivity contribution in [3.63, 3.8) is 0 Å². The van der Waals surface area contributed by atoms with Gasteiger partial charge in [0.25, 0.3) is 0 Å². The van der Waals surface area contributed by atoms with Gasteiger partial charge >= 0.3 is 75.7 Å². The number of hydrogen-bond acceptors (Lipinski definition) is 4. The van der Waals surface area contributed by atoms with Crippen molar-refractivity contribution in [2.75, 3.05) is 0 Å². The van der Waals surface area contributed by atoms with Gasteiger partial charge in [0.15, 0.2) is 0 Å².